The van der Waals surface area contributed by atoms with Gasteiger partial charge in [-0.25, -0.2) is 4.98 Å². The molecule has 2 heterocycles. The average Bonchev–Trinajstić information content (AvgIpc) is 3.46. The van der Waals surface area contributed by atoms with E-state index in [0.29, 0.717) is 10.9 Å². The van der Waals surface area contributed by atoms with Gasteiger partial charge in [0.1, 0.15) is 0 Å². The van der Waals surface area contributed by atoms with E-state index in [4.69, 9.17) is 0 Å². The van der Waals surface area contributed by atoms with Crippen LogP contribution in [0.2, 0.25) is 0 Å². The Hall–Kier alpha value is -1.34. The fourth-order valence-electron chi connectivity index (χ4n) is 4.62. The lowest BCUT2D eigenvalue weighted by atomic mass is 10.1. The number of fused-ring (bicyclic) bond motifs is 3. The van der Waals surface area contributed by atoms with Crippen LogP contribution < -0.4 is 5.11 Å². The number of hydrogen-bond acceptors (Lipinski definition) is 5. The Labute approximate surface area is 199 Å². The third kappa shape index (κ3) is 7.34. The highest BCUT2D eigenvalue weighted by Crippen LogP contribution is 2.27. The lowest BCUT2D eigenvalue weighted by Crippen LogP contribution is -2.50. The molecule has 32 heavy (non-hydrogen) atoms. The van der Waals surface area contributed by atoms with Gasteiger partial charge < -0.3 is 9.59 Å². The molecule has 0 aliphatic heterocycles. The maximum absolute atomic E-state index is 11.6. The van der Waals surface area contributed by atoms with E-state index in [-0.39, 0.29) is 5.88 Å². The van der Waals surface area contributed by atoms with Crippen LogP contribution in [0.1, 0.15) is 96.7 Å². The van der Waals surface area contributed by atoms with Crippen LogP contribution in [0.5, 0.6) is 5.88 Å². The van der Waals surface area contributed by atoms with Gasteiger partial charge in [0, 0.05) is 0 Å². The van der Waals surface area contributed by atoms with Gasteiger partial charge >= 0.3 is 0 Å². The fraction of sp³-hybridized carbons (Fsp3) is 0.800. The predicted octanol–water partition coefficient (Wildman–Crippen LogP) is 5.41. The fourth-order valence-corrected chi connectivity index (χ4v) is 4.96. The molecule has 0 bridgehead atoms. The number of aromatic nitrogens is 4. The zero-order valence-electron chi connectivity index (χ0n) is 21.2. The third-order valence-electron chi connectivity index (χ3n) is 6.60. The molecule has 0 atom stereocenters. The average molecular weight is 464 g/mol. The molecule has 0 radical (unpaired) electrons. The standard InChI is InChI=1S/C16H36N.C9H10N4OS/c1-5-9-13-17(14-10-6-2,15-11-7-3)16-12-8-4;1-15-9-11-8-10-7(14)5-3-2-4-6(5)13(8)12-9/h5-16H2,1-4H3;2-4H2,1H3,(H,10,11,12,14)/q+1;/p-1. The summed E-state index contributed by atoms with van der Waals surface area (Å²) in [6.45, 7) is 15.0. The summed E-state index contributed by atoms with van der Waals surface area (Å²) in [5, 5.41) is 16.6. The van der Waals surface area contributed by atoms with E-state index in [9.17, 15) is 5.11 Å². The summed E-state index contributed by atoms with van der Waals surface area (Å²) < 4.78 is 3.14. The van der Waals surface area contributed by atoms with Crippen LogP contribution >= 0.6 is 11.8 Å². The van der Waals surface area contributed by atoms with E-state index in [1.807, 2.05) is 6.26 Å². The molecule has 0 N–H and O–H groups in total. The molecule has 0 saturated heterocycles. The second-order valence-corrected chi connectivity index (χ2v) is 9.93. The van der Waals surface area contributed by atoms with Gasteiger partial charge in [-0.2, -0.15) is 9.50 Å². The van der Waals surface area contributed by atoms with Crippen molar-refractivity contribution in [3.8, 4) is 5.88 Å². The van der Waals surface area contributed by atoms with E-state index in [2.05, 4.69) is 42.8 Å². The molecule has 7 heteroatoms. The van der Waals surface area contributed by atoms with Crippen molar-refractivity contribution in [2.75, 3.05) is 32.4 Å². The topological polar surface area (TPSA) is 66.1 Å². The number of quaternary nitrogens is 1. The summed E-state index contributed by atoms with van der Waals surface area (Å²) in [4.78, 5) is 8.11. The second-order valence-electron chi connectivity index (χ2n) is 9.16. The molecule has 0 amide bonds. The maximum Gasteiger partial charge on any atom is 0.252 e. The lowest BCUT2D eigenvalue weighted by molar-refractivity contribution is -0.929. The van der Waals surface area contributed by atoms with Crippen molar-refractivity contribution in [1.82, 2.24) is 19.6 Å². The second kappa shape index (κ2) is 14.0. The largest absolute Gasteiger partial charge is 0.858 e. The Kier molecular flexibility index (Phi) is 11.8. The van der Waals surface area contributed by atoms with Crippen LogP contribution in [-0.2, 0) is 12.8 Å². The molecule has 0 fully saturated rings. The van der Waals surface area contributed by atoms with Gasteiger partial charge in [0.2, 0.25) is 5.16 Å². The summed E-state index contributed by atoms with van der Waals surface area (Å²) in [6.07, 6.45) is 15.7. The summed E-state index contributed by atoms with van der Waals surface area (Å²) >= 11 is 1.46. The van der Waals surface area contributed by atoms with Crippen molar-refractivity contribution in [3.63, 3.8) is 0 Å². The number of hydrogen-bond donors (Lipinski definition) is 0. The van der Waals surface area contributed by atoms with Crippen molar-refractivity contribution in [2.24, 2.45) is 0 Å². The summed E-state index contributed by atoms with van der Waals surface area (Å²) in [7, 11) is 0. The van der Waals surface area contributed by atoms with E-state index >= 15 is 0 Å². The molecule has 3 rings (SSSR count). The SMILES string of the molecule is CCCC[N+](CCCC)(CCCC)CCCC.CSc1nc2nc([O-])c3c(n2n1)CCC3. The first-order valence-electron chi connectivity index (χ1n) is 12.9. The Morgan fingerprint density at radius 3 is 1.84 bits per heavy atom. The van der Waals surface area contributed by atoms with Crippen molar-refractivity contribution in [3.05, 3.63) is 11.3 Å². The molecule has 0 aromatic carbocycles. The first kappa shape index (κ1) is 26.9. The molecular formula is C25H45N5OS. The van der Waals surface area contributed by atoms with Crippen LogP contribution in [0.15, 0.2) is 5.16 Å². The van der Waals surface area contributed by atoms with Gasteiger partial charge in [-0.15, -0.1) is 5.10 Å². The minimum atomic E-state index is -0.130. The summed E-state index contributed by atoms with van der Waals surface area (Å²) in [6, 6.07) is 0. The van der Waals surface area contributed by atoms with Gasteiger partial charge in [0.05, 0.1) is 31.9 Å². The van der Waals surface area contributed by atoms with Crippen molar-refractivity contribution < 1.29 is 9.59 Å². The first-order valence-corrected chi connectivity index (χ1v) is 14.1. The van der Waals surface area contributed by atoms with Gasteiger partial charge in [0.15, 0.2) is 0 Å². The molecule has 6 nitrogen and oxygen atoms in total. The van der Waals surface area contributed by atoms with E-state index in [0.717, 1.165) is 30.5 Å². The van der Waals surface area contributed by atoms with Crippen LogP contribution in [0.25, 0.3) is 5.78 Å². The van der Waals surface area contributed by atoms with Crippen molar-refractivity contribution in [1.29, 1.82) is 0 Å². The first-order chi connectivity index (χ1) is 15.5. The summed E-state index contributed by atoms with van der Waals surface area (Å²) in [5.41, 5.74) is 1.82. The zero-order valence-corrected chi connectivity index (χ0v) is 22.0. The Balaban J connectivity index is 0.000000227. The highest BCUT2D eigenvalue weighted by molar-refractivity contribution is 7.98. The molecule has 182 valence electrons. The molecule has 1 aliphatic rings. The zero-order chi connectivity index (χ0) is 23.4. The Morgan fingerprint density at radius 2 is 1.38 bits per heavy atom. The molecule has 0 saturated carbocycles. The number of unbranched alkanes of at least 4 members (excludes halogenated alkanes) is 4. The van der Waals surface area contributed by atoms with Crippen LogP contribution in [0.3, 0.4) is 0 Å². The maximum atomic E-state index is 11.6. The van der Waals surface area contributed by atoms with E-state index < -0.39 is 0 Å². The molecule has 1 aliphatic carbocycles. The van der Waals surface area contributed by atoms with Crippen molar-refractivity contribution in [2.45, 2.75) is 103 Å². The number of thioether (sulfide) groups is 1. The highest BCUT2D eigenvalue weighted by atomic mass is 32.2. The quantitative estimate of drug-likeness (QED) is 0.293. The Morgan fingerprint density at radius 1 is 0.844 bits per heavy atom. The Bertz CT molecular complexity index is 770. The smallest absolute Gasteiger partial charge is 0.252 e. The minimum Gasteiger partial charge on any atom is -0.858 e. The van der Waals surface area contributed by atoms with Crippen LogP contribution in [-0.4, -0.2) is 56.5 Å². The van der Waals surface area contributed by atoms with Crippen LogP contribution in [0, 0.1) is 0 Å². The molecule has 0 unspecified atom stereocenters. The van der Waals surface area contributed by atoms with E-state index in [1.54, 1.807) is 4.52 Å². The lowest BCUT2D eigenvalue weighted by Gasteiger charge is -2.39. The number of aryl methyl sites for hydroxylation is 1. The van der Waals surface area contributed by atoms with Gasteiger partial charge in [-0.3, -0.25) is 0 Å². The van der Waals surface area contributed by atoms with Crippen LogP contribution in [0.4, 0.5) is 0 Å². The van der Waals surface area contributed by atoms with Crippen molar-refractivity contribution >= 4 is 17.5 Å². The normalized spacial score (nSPS) is 13.3. The van der Waals surface area contributed by atoms with Gasteiger partial charge in [-0.1, -0.05) is 65.1 Å². The number of rotatable bonds is 13. The van der Waals surface area contributed by atoms with E-state index in [1.165, 1.54) is 93.8 Å². The monoisotopic (exact) mass is 463 g/mol. The summed E-state index contributed by atoms with van der Waals surface area (Å²) in [5.74, 6) is 0.306. The van der Waals surface area contributed by atoms with Gasteiger partial charge in [-0.05, 0) is 62.6 Å². The predicted molar refractivity (Wildman–Crippen MR) is 133 cm³/mol. The molecule has 2 aromatic rings. The molecule has 0 spiro atoms. The molecule has 2 aromatic heterocycles. The molecular weight excluding hydrogens is 418 g/mol. The highest BCUT2D eigenvalue weighted by Gasteiger charge is 2.24. The van der Waals surface area contributed by atoms with Gasteiger partial charge in [0.25, 0.3) is 5.78 Å². The minimum absolute atomic E-state index is 0.130. The third-order valence-corrected chi connectivity index (χ3v) is 7.14. The number of nitrogens with zero attached hydrogens (tertiary/aromatic N) is 5.